The first-order valence-electron chi connectivity index (χ1n) is 10.5. The standard InChI is InChI=1S/C24H25N5O4/c1-24(19-8-10-20(33-2)11-9-19)22(31)29(23(32)27-24)16-21(30)25-14-17-4-6-18(7-5-17)15-28-13-3-12-26-28/h3-13H,14-16H2,1-2H3,(H,25,30)(H,27,32)/t24-/m1/s1. The van der Waals surface area contributed by atoms with E-state index in [0.717, 1.165) is 16.0 Å². The molecule has 1 aliphatic heterocycles. The third-order valence-corrected chi connectivity index (χ3v) is 5.66. The van der Waals surface area contributed by atoms with Crippen molar-refractivity contribution in [3.63, 3.8) is 0 Å². The molecule has 0 saturated carbocycles. The van der Waals surface area contributed by atoms with E-state index in [2.05, 4.69) is 15.7 Å². The molecule has 9 nitrogen and oxygen atoms in total. The molecule has 2 heterocycles. The van der Waals surface area contributed by atoms with Gasteiger partial charge in [0.2, 0.25) is 5.91 Å². The third kappa shape index (κ3) is 4.72. The molecule has 1 atom stereocenters. The van der Waals surface area contributed by atoms with Gasteiger partial charge in [-0.05, 0) is 41.8 Å². The Morgan fingerprint density at radius 3 is 2.42 bits per heavy atom. The maximum absolute atomic E-state index is 13.0. The lowest BCUT2D eigenvalue weighted by molar-refractivity contribution is -0.134. The van der Waals surface area contributed by atoms with Crippen LogP contribution < -0.4 is 15.4 Å². The number of rotatable bonds is 8. The van der Waals surface area contributed by atoms with Gasteiger partial charge >= 0.3 is 6.03 Å². The number of imide groups is 1. The van der Waals surface area contributed by atoms with Gasteiger partial charge in [-0.25, -0.2) is 4.79 Å². The number of carbonyl (C=O) groups excluding carboxylic acids is 3. The molecule has 33 heavy (non-hydrogen) atoms. The van der Waals surface area contributed by atoms with Gasteiger partial charge in [0.05, 0.1) is 13.7 Å². The minimum absolute atomic E-state index is 0.292. The number of carbonyl (C=O) groups is 3. The van der Waals surface area contributed by atoms with E-state index in [1.165, 1.54) is 0 Å². The Labute approximate surface area is 191 Å². The Bertz CT molecular complexity index is 1140. The van der Waals surface area contributed by atoms with Crippen LogP contribution in [-0.4, -0.2) is 46.2 Å². The molecule has 2 N–H and O–H groups in total. The zero-order valence-electron chi connectivity index (χ0n) is 18.4. The summed E-state index contributed by atoms with van der Waals surface area (Å²) in [6, 6.07) is 15.9. The highest BCUT2D eigenvalue weighted by Gasteiger charge is 2.49. The summed E-state index contributed by atoms with van der Waals surface area (Å²) in [6.07, 6.45) is 3.62. The number of hydrogen-bond acceptors (Lipinski definition) is 5. The van der Waals surface area contributed by atoms with Crippen molar-refractivity contribution in [3.8, 4) is 5.75 Å². The second-order valence-corrected chi connectivity index (χ2v) is 7.97. The molecular formula is C24H25N5O4. The summed E-state index contributed by atoms with van der Waals surface area (Å²) in [7, 11) is 1.55. The van der Waals surface area contributed by atoms with Crippen molar-refractivity contribution in [2.75, 3.05) is 13.7 Å². The van der Waals surface area contributed by atoms with Gasteiger partial charge in [-0.3, -0.25) is 19.2 Å². The van der Waals surface area contributed by atoms with E-state index in [9.17, 15) is 14.4 Å². The molecule has 4 amide bonds. The van der Waals surface area contributed by atoms with Crippen LogP contribution in [0.15, 0.2) is 67.0 Å². The summed E-state index contributed by atoms with van der Waals surface area (Å²) in [4.78, 5) is 38.8. The molecule has 0 unspecified atom stereocenters. The summed E-state index contributed by atoms with van der Waals surface area (Å²) in [5.41, 5.74) is 1.37. The van der Waals surface area contributed by atoms with Crippen LogP contribution in [0.3, 0.4) is 0 Å². The van der Waals surface area contributed by atoms with E-state index in [0.29, 0.717) is 24.4 Å². The molecule has 3 aromatic rings. The van der Waals surface area contributed by atoms with E-state index in [4.69, 9.17) is 4.74 Å². The average molecular weight is 447 g/mol. The molecule has 0 bridgehead atoms. The highest BCUT2D eigenvalue weighted by molar-refractivity contribution is 6.09. The minimum Gasteiger partial charge on any atom is -0.497 e. The summed E-state index contributed by atoms with van der Waals surface area (Å²) < 4.78 is 6.97. The smallest absolute Gasteiger partial charge is 0.325 e. The second kappa shape index (κ2) is 9.15. The SMILES string of the molecule is COc1ccc([C@@]2(C)NC(=O)N(CC(=O)NCc3ccc(Cn4cccn4)cc3)C2=O)cc1. The first kappa shape index (κ1) is 22.1. The fourth-order valence-electron chi connectivity index (χ4n) is 3.70. The molecule has 2 aromatic carbocycles. The highest BCUT2D eigenvalue weighted by atomic mass is 16.5. The Hall–Kier alpha value is -4.14. The van der Waals surface area contributed by atoms with Gasteiger partial charge in [-0.2, -0.15) is 5.10 Å². The van der Waals surface area contributed by atoms with E-state index in [-0.39, 0.29) is 6.54 Å². The van der Waals surface area contributed by atoms with Crippen LogP contribution in [0.1, 0.15) is 23.6 Å². The van der Waals surface area contributed by atoms with Crippen LogP contribution in [0.25, 0.3) is 0 Å². The molecule has 1 fully saturated rings. The van der Waals surface area contributed by atoms with E-state index < -0.39 is 23.4 Å². The normalized spacial score (nSPS) is 17.7. The lowest BCUT2D eigenvalue weighted by Gasteiger charge is -2.22. The minimum atomic E-state index is -1.24. The highest BCUT2D eigenvalue weighted by Crippen LogP contribution is 2.29. The fraction of sp³-hybridized carbons (Fsp3) is 0.250. The van der Waals surface area contributed by atoms with Crippen LogP contribution >= 0.6 is 0 Å². The molecule has 1 aliphatic rings. The number of benzene rings is 2. The molecule has 1 aromatic heterocycles. The van der Waals surface area contributed by atoms with Gasteiger partial charge in [0, 0.05) is 18.9 Å². The zero-order valence-corrected chi connectivity index (χ0v) is 18.4. The van der Waals surface area contributed by atoms with Crippen LogP contribution in [0, 0.1) is 0 Å². The first-order chi connectivity index (χ1) is 15.9. The Balaban J connectivity index is 1.33. The van der Waals surface area contributed by atoms with Crippen molar-refractivity contribution < 1.29 is 19.1 Å². The quantitative estimate of drug-likeness (QED) is 0.514. The van der Waals surface area contributed by atoms with Crippen LogP contribution in [0.4, 0.5) is 4.79 Å². The van der Waals surface area contributed by atoms with Crippen molar-refractivity contribution >= 4 is 17.8 Å². The van der Waals surface area contributed by atoms with Crippen molar-refractivity contribution in [2.24, 2.45) is 0 Å². The first-order valence-corrected chi connectivity index (χ1v) is 10.5. The van der Waals surface area contributed by atoms with Crippen molar-refractivity contribution in [2.45, 2.75) is 25.6 Å². The second-order valence-electron chi connectivity index (χ2n) is 7.97. The van der Waals surface area contributed by atoms with Gasteiger partial charge in [0.1, 0.15) is 17.8 Å². The molecule has 1 saturated heterocycles. The zero-order chi connectivity index (χ0) is 23.4. The van der Waals surface area contributed by atoms with Crippen molar-refractivity contribution in [1.29, 1.82) is 0 Å². The lowest BCUT2D eigenvalue weighted by Crippen LogP contribution is -2.43. The molecule has 0 aliphatic carbocycles. The Morgan fingerprint density at radius 1 is 1.09 bits per heavy atom. The van der Waals surface area contributed by atoms with Gasteiger partial charge in [0.15, 0.2) is 0 Å². The molecule has 4 rings (SSSR count). The summed E-state index contributed by atoms with van der Waals surface area (Å²) in [5.74, 6) is -0.251. The number of methoxy groups -OCH3 is 1. The fourth-order valence-corrected chi connectivity index (χ4v) is 3.70. The molecular weight excluding hydrogens is 422 g/mol. The van der Waals surface area contributed by atoms with Crippen molar-refractivity contribution in [3.05, 3.63) is 83.7 Å². The largest absolute Gasteiger partial charge is 0.497 e. The average Bonchev–Trinajstić information content (AvgIpc) is 3.41. The van der Waals surface area contributed by atoms with Crippen LogP contribution in [0.5, 0.6) is 5.75 Å². The third-order valence-electron chi connectivity index (χ3n) is 5.66. The maximum atomic E-state index is 13.0. The summed E-state index contributed by atoms with van der Waals surface area (Å²) in [5, 5.41) is 9.65. The maximum Gasteiger partial charge on any atom is 0.325 e. The number of nitrogens with one attached hydrogen (secondary N) is 2. The number of ether oxygens (including phenoxy) is 1. The predicted octanol–water partition coefficient (Wildman–Crippen LogP) is 2.02. The molecule has 9 heteroatoms. The molecule has 170 valence electrons. The lowest BCUT2D eigenvalue weighted by atomic mass is 9.92. The summed E-state index contributed by atoms with van der Waals surface area (Å²) in [6.45, 7) is 2.23. The van der Waals surface area contributed by atoms with Crippen molar-refractivity contribution in [1.82, 2.24) is 25.3 Å². The topological polar surface area (TPSA) is 106 Å². The Morgan fingerprint density at radius 2 is 1.79 bits per heavy atom. The van der Waals surface area contributed by atoms with Gasteiger partial charge in [-0.15, -0.1) is 0 Å². The number of aromatic nitrogens is 2. The van der Waals surface area contributed by atoms with Gasteiger partial charge < -0.3 is 15.4 Å². The number of amides is 4. The van der Waals surface area contributed by atoms with Gasteiger partial charge in [0.25, 0.3) is 5.91 Å². The number of hydrogen-bond donors (Lipinski definition) is 2. The van der Waals surface area contributed by atoms with Gasteiger partial charge in [-0.1, -0.05) is 36.4 Å². The molecule has 0 spiro atoms. The van der Waals surface area contributed by atoms with E-state index in [1.807, 2.05) is 41.2 Å². The van der Waals surface area contributed by atoms with E-state index in [1.54, 1.807) is 44.5 Å². The predicted molar refractivity (Wildman–Crippen MR) is 120 cm³/mol. The summed E-state index contributed by atoms with van der Waals surface area (Å²) >= 11 is 0. The number of urea groups is 1. The van der Waals surface area contributed by atoms with E-state index >= 15 is 0 Å². The Kier molecular flexibility index (Phi) is 6.12. The monoisotopic (exact) mass is 447 g/mol. The van der Waals surface area contributed by atoms with Crippen LogP contribution in [-0.2, 0) is 28.2 Å². The number of nitrogens with zero attached hydrogens (tertiary/aromatic N) is 3. The van der Waals surface area contributed by atoms with Crippen LogP contribution in [0.2, 0.25) is 0 Å². The molecule has 0 radical (unpaired) electrons.